The van der Waals surface area contributed by atoms with E-state index in [-0.39, 0.29) is 29.6 Å². The van der Waals surface area contributed by atoms with Crippen LogP contribution in [0.25, 0.3) is 10.9 Å². The Morgan fingerprint density at radius 1 is 1.08 bits per heavy atom. The highest BCUT2D eigenvalue weighted by atomic mass is 32.2. The molecule has 0 saturated heterocycles. The zero-order valence-corrected chi connectivity index (χ0v) is 15.2. The Labute approximate surface area is 152 Å². The van der Waals surface area contributed by atoms with E-state index in [1.165, 1.54) is 12.1 Å². The maximum Gasteiger partial charge on any atom is 0.296 e. The number of aryl methyl sites for hydroxylation is 1. The molecule has 1 N–H and O–H groups in total. The lowest BCUT2D eigenvalue weighted by molar-refractivity contribution is 0.0923. The van der Waals surface area contributed by atoms with E-state index in [0.29, 0.717) is 12.1 Å². The van der Waals surface area contributed by atoms with Crippen molar-refractivity contribution in [3.8, 4) is 0 Å². The van der Waals surface area contributed by atoms with Gasteiger partial charge in [-0.25, -0.2) is 0 Å². The monoisotopic (exact) mass is 369 g/mol. The molecular formula is C20H19NO4S. The van der Waals surface area contributed by atoms with Gasteiger partial charge in [0.05, 0.1) is 17.2 Å². The van der Waals surface area contributed by atoms with Crippen LogP contribution in [0.1, 0.15) is 28.0 Å². The quantitative estimate of drug-likeness (QED) is 0.713. The van der Waals surface area contributed by atoms with Crippen molar-refractivity contribution in [3.63, 3.8) is 0 Å². The second-order valence-corrected chi connectivity index (χ2v) is 8.39. The average molecular weight is 369 g/mol. The number of carbonyl (C=O) groups excluding carboxylic acids is 1. The van der Waals surface area contributed by atoms with Crippen molar-refractivity contribution in [2.24, 2.45) is 5.92 Å². The summed E-state index contributed by atoms with van der Waals surface area (Å²) in [5, 5.41) is 1.02. The summed E-state index contributed by atoms with van der Waals surface area (Å²) in [5.41, 5.74) is 3.51. The van der Waals surface area contributed by atoms with E-state index >= 15 is 0 Å². The number of Topliss-reactive ketones (excluding diaryl/α,β-unsaturated/α-hetero) is 1. The molecule has 5 nitrogen and oxygen atoms in total. The topological polar surface area (TPSA) is 76.2 Å². The van der Waals surface area contributed by atoms with E-state index in [1.807, 2.05) is 31.2 Å². The number of hydrogen-bond acceptors (Lipinski definition) is 4. The largest absolute Gasteiger partial charge is 0.352 e. The molecule has 0 unspecified atom stereocenters. The van der Waals surface area contributed by atoms with Gasteiger partial charge < -0.3 is 4.98 Å². The van der Waals surface area contributed by atoms with Gasteiger partial charge in [0.25, 0.3) is 10.1 Å². The Bertz CT molecular complexity index is 1080. The first kappa shape index (κ1) is 17.0. The fraction of sp³-hybridized carbons (Fsp3) is 0.250. The highest BCUT2D eigenvalue weighted by Gasteiger charge is 2.30. The van der Waals surface area contributed by atoms with Gasteiger partial charge in [-0.1, -0.05) is 35.9 Å². The molecule has 1 atom stereocenters. The molecule has 1 aliphatic rings. The van der Waals surface area contributed by atoms with Gasteiger partial charge >= 0.3 is 0 Å². The SMILES string of the molecule is Cc1ccc(S(=O)(=O)OC[C@H]2CC(=O)c3[nH]c4ccccc4c3C2)cc1. The summed E-state index contributed by atoms with van der Waals surface area (Å²) in [6.45, 7) is 1.89. The van der Waals surface area contributed by atoms with Gasteiger partial charge in [0.15, 0.2) is 5.78 Å². The number of para-hydroxylation sites is 1. The minimum Gasteiger partial charge on any atom is -0.352 e. The summed E-state index contributed by atoms with van der Waals surface area (Å²) >= 11 is 0. The molecule has 1 heterocycles. The van der Waals surface area contributed by atoms with Crippen LogP contribution in [0.15, 0.2) is 53.4 Å². The van der Waals surface area contributed by atoms with Crippen molar-refractivity contribution >= 4 is 26.8 Å². The maximum atomic E-state index is 12.5. The lowest BCUT2D eigenvalue weighted by atomic mass is 9.86. The molecule has 26 heavy (non-hydrogen) atoms. The fourth-order valence-corrected chi connectivity index (χ4v) is 4.43. The number of H-pyrrole nitrogens is 1. The highest BCUT2D eigenvalue weighted by molar-refractivity contribution is 7.86. The van der Waals surface area contributed by atoms with Crippen molar-refractivity contribution in [1.29, 1.82) is 0 Å². The third-order valence-electron chi connectivity index (χ3n) is 4.83. The number of ketones is 1. The third kappa shape index (κ3) is 3.06. The van der Waals surface area contributed by atoms with E-state index in [2.05, 4.69) is 4.98 Å². The van der Waals surface area contributed by atoms with Gasteiger partial charge in [0.1, 0.15) is 0 Å². The van der Waals surface area contributed by atoms with Gasteiger partial charge in [-0.3, -0.25) is 8.98 Å². The summed E-state index contributed by atoms with van der Waals surface area (Å²) < 4.78 is 30.0. The number of carbonyl (C=O) groups is 1. The second kappa shape index (κ2) is 6.37. The Kier molecular flexibility index (Phi) is 4.17. The van der Waals surface area contributed by atoms with Crippen molar-refractivity contribution in [2.45, 2.75) is 24.7 Å². The van der Waals surface area contributed by atoms with Gasteiger partial charge in [0.2, 0.25) is 0 Å². The molecule has 1 aliphatic carbocycles. The Balaban J connectivity index is 1.53. The molecule has 0 aliphatic heterocycles. The normalized spacial score (nSPS) is 17.4. The second-order valence-electron chi connectivity index (χ2n) is 6.77. The van der Waals surface area contributed by atoms with E-state index in [0.717, 1.165) is 22.0 Å². The lowest BCUT2D eigenvalue weighted by Gasteiger charge is -2.21. The smallest absolute Gasteiger partial charge is 0.296 e. The first-order valence-electron chi connectivity index (χ1n) is 8.53. The average Bonchev–Trinajstić information content (AvgIpc) is 3.00. The first-order valence-corrected chi connectivity index (χ1v) is 9.94. The van der Waals surface area contributed by atoms with Crippen molar-refractivity contribution in [3.05, 3.63) is 65.4 Å². The maximum absolute atomic E-state index is 12.5. The zero-order valence-electron chi connectivity index (χ0n) is 14.4. The number of rotatable bonds is 4. The zero-order chi connectivity index (χ0) is 18.3. The van der Waals surface area contributed by atoms with E-state index in [9.17, 15) is 13.2 Å². The molecule has 134 valence electrons. The van der Waals surface area contributed by atoms with Crippen LogP contribution in [0, 0.1) is 12.8 Å². The predicted molar refractivity (Wildman–Crippen MR) is 98.8 cm³/mol. The summed E-state index contributed by atoms with van der Waals surface area (Å²) in [6, 6.07) is 14.3. The molecule has 0 spiro atoms. The van der Waals surface area contributed by atoms with Crippen LogP contribution in [0.3, 0.4) is 0 Å². The Hall–Kier alpha value is -2.44. The Morgan fingerprint density at radius 3 is 2.58 bits per heavy atom. The van der Waals surface area contributed by atoms with Crippen molar-refractivity contribution < 1.29 is 17.4 Å². The first-order chi connectivity index (χ1) is 12.4. The number of hydrogen-bond donors (Lipinski definition) is 1. The highest BCUT2D eigenvalue weighted by Crippen LogP contribution is 2.32. The summed E-state index contributed by atoms with van der Waals surface area (Å²) in [6.07, 6.45) is 0.901. The summed E-state index contributed by atoms with van der Waals surface area (Å²) in [7, 11) is -3.82. The molecule has 0 saturated carbocycles. The molecule has 0 bridgehead atoms. The molecule has 1 aromatic heterocycles. The molecule has 3 aromatic rings. The number of benzene rings is 2. The summed E-state index contributed by atoms with van der Waals surface area (Å²) in [5.74, 6) is -0.154. The van der Waals surface area contributed by atoms with E-state index < -0.39 is 10.1 Å². The standard InChI is InChI=1S/C20H19NO4S/c1-13-6-8-15(9-7-13)26(23,24)25-12-14-10-17-16-4-2-3-5-18(16)21-20(17)19(22)11-14/h2-9,14,21H,10-12H2,1H3/t14-/m1/s1. The van der Waals surface area contributed by atoms with Crippen molar-refractivity contribution in [1.82, 2.24) is 4.98 Å². The van der Waals surface area contributed by atoms with Crippen LogP contribution < -0.4 is 0 Å². The predicted octanol–water partition coefficient (Wildman–Crippen LogP) is 3.63. The molecule has 0 amide bonds. The van der Waals surface area contributed by atoms with Gasteiger partial charge in [-0.2, -0.15) is 8.42 Å². The van der Waals surface area contributed by atoms with Crippen LogP contribution in [-0.2, 0) is 20.7 Å². The van der Waals surface area contributed by atoms with E-state index in [1.54, 1.807) is 12.1 Å². The Morgan fingerprint density at radius 2 is 1.81 bits per heavy atom. The summed E-state index contributed by atoms with van der Waals surface area (Å²) in [4.78, 5) is 15.8. The lowest BCUT2D eigenvalue weighted by Crippen LogP contribution is -2.25. The minimum absolute atomic E-state index is 0.000890. The number of aromatic amines is 1. The number of fused-ring (bicyclic) bond motifs is 3. The molecule has 4 rings (SSSR count). The third-order valence-corrected chi connectivity index (χ3v) is 6.12. The van der Waals surface area contributed by atoms with Crippen LogP contribution in [0.2, 0.25) is 0 Å². The molecule has 2 aromatic carbocycles. The van der Waals surface area contributed by atoms with Crippen LogP contribution in [0.4, 0.5) is 0 Å². The molecule has 6 heteroatoms. The number of aromatic nitrogens is 1. The minimum atomic E-state index is -3.82. The van der Waals surface area contributed by atoms with Crippen molar-refractivity contribution in [2.75, 3.05) is 6.61 Å². The van der Waals surface area contributed by atoms with Crippen LogP contribution in [0.5, 0.6) is 0 Å². The molecular weight excluding hydrogens is 350 g/mol. The number of nitrogens with one attached hydrogen (secondary N) is 1. The van der Waals surface area contributed by atoms with Gasteiger partial charge in [-0.05, 0) is 43.0 Å². The van der Waals surface area contributed by atoms with Gasteiger partial charge in [-0.15, -0.1) is 0 Å². The fourth-order valence-electron chi connectivity index (χ4n) is 3.45. The van der Waals surface area contributed by atoms with Crippen LogP contribution in [-0.4, -0.2) is 25.8 Å². The van der Waals surface area contributed by atoms with Gasteiger partial charge in [0, 0.05) is 17.3 Å². The molecule has 0 radical (unpaired) electrons. The molecule has 0 fully saturated rings. The van der Waals surface area contributed by atoms with Crippen LogP contribution >= 0.6 is 0 Å². The van der Waals surface area contributed by atoms with E-state index in [4.69, 9.17) is 4.18 Å².